The standard InChI is InChI=1S/C17H24N2S/c1-5-19(6-2)9-10-20-17-14(4)12-15-8-7-13(3)11-16(15)18-17/h7-8,11-12H,5-6,9-10H2,1-4H3. The molecular formula is C17H24N2S. The van der Waals surface area contributed by atoms with Crippen molar-refractivity contribution in [2.75, 3.05) is 25.4 Å². The number of aromatic nitrogens is 1. The van der Waals surface area contributed by atoms with E-state index in [2.05, 4.69) is 56.9 Å². The summed E-state index contributed by atoms with van der Waals surface area (Å²) in [6.45, 7) is 12.1. The molecule has 0 N–H and O–H groups in total. The van der Waals surface area contributed by atoms with Crippen LogP contribution >= 0.6 is 11.8 Å². The fraction of sp³-hybridized carbons (Fsp3) is 0.471. The molecule has 0 aliphatic carbocycles. The van der Waals surface area contributed by atoms with Crippen molar-refractivity contribution < 1.29 is 0 Å². The van der Waals surface area contributed by atoms with Gasteiger partial charge in [-0.3, -0.25) is 0 Å². The summed E-state index contributed by atoms with van der Waals surface area (Å²) in [5, 5.41) is 2.41. The normalized spacial score (nSPS) is 11.4. The predicted molar refractivity (Wildman–Crippen MR) is 89.7 cm³/mol. The highest BCUT2D eigenvalue weighted by Crippen LogP contribution is 2.25. The molecule has 0 spiro atoms. The van der Waals surface area contributed by atoms with Gasteiger partial charge >= 0.3 is 0 Å². The van der Waals surface area contributed by atoms with E-state index >= 15 is 0 Å². The highest BCUT2D eigenvalue weighted by molar-refractivity contribution is 7.99. The molecule has 0 atom stereocenters. The first-order valence-electron chi connectivity index (χ1n) is 7.37. The van der Waals surface area contributed by atoms with Gasteiger partial charge in [-0.15, -0.1) is 11.8 Å². The van der Waals surface area contributed by atoms with Crippen molar-refractivity contribution in [3.05, 3.63) is 35.4 Å². The molecule has 0 aliphatic rings. The first-order chi connectivity index (χ1) is 9.63. The van der Waals surface area contributed by atoms with Crippen molar-refractivity contribution in [3.63, 3.8) is 0 Å². The van der Waals surface area contributed by atoms with Crippen LogP contribution in [0.15, 0.2) is 29.3 Å². The zero-order chi connectivity index (χ0) is 14.5. The topological polar surface area (TPSA) is 16.1 Å². The van der Waals surface area contributed by atoms with Crippen molar-refractivity contribution in [1.29, 1.82) is 0 Å². The van der Waals surface area contributed by atoms with E-state index in [1.807, 2.05) is 11.8 Å². The number of rotatable bonds is 6. The molecule has 108 valence electrons. The van der Waals surface area contributed by atoms with Crippen LogP contribution in [-0.2, 0) is 0 Å². The summed E-state index contributed by atoms with van der Waals surface area (Å²) in [6, 6.07) is 8.73. The zero-order valence-electron chi connectivity index (χ0n) is 12.9. The van der Waals surface area contributed by atoms with Gasteiger partial charge in [-0.1, -0.05) is 26.0 Å². The number of aryl methyl sites for hydroxylation is 2. The van der Waals surface area contributed by atoms with Crippen LogP contribution in [0.25, 0.3) is 10.9 Å². The van der Waals surface area contributed by atoms with Gasteiger partial charge in [0, 0.05) is 17.7 Å². The third kappa shape index (κ3) is 3.74. The molecule has 0 bridgehead atoms. The molecule has 20 heavy (non-hydrogen) atoms. The molecular weight excluding hydrogens is 264 g/mol. The Hall–Kier alpha value is -1.06. The van der Waals surface area contributed by atoms with Gasteiger partial charge in [0.2, 0.25) is 0 Å². The van der Waals surface area contributed by atoms with E-state index in [-0.39, 0.29) is 0 Å². The van der Waals surface area contributed by atoms with E-state index in [9.17, 15) is 0 Å². The molecule has 0 saturated carbocycles. The van der Waals surface area contributed by atoms with Gasteiger partial charge in [0.25, 0.3) is 0 Å². The SMILES string of the molecule is CCN(CC)CCSc1nc2cc(C)ccc2cc1C. The maximum absolute atomic E-state index is 4.83. The van der Waals surface area contributed by atoms with Gasteiger partial charge in [-0.2, -0.15) is 0 Å². The lowest BCUT2D eigenvalue weighted by atomic mass is 10.1. The van der Waals surface area contributed by atoms with E-state index in [0.29, 0.717) is 0 Å². The summed E-state index contributed by atoms with van der Waals surface area (Å²) >= 11 is 1.87. The predicted octanol–water partition coefficient (Wildman–Crippen LogP) is 4.29. The Kier molecular flexibility index (Phi) is 5.44. The van der Waals surface area contributed by atoms with E-state index in [1.54, 1.807) is 0 Å². The Balaban J connectivity index is 2.11. The molecule has 1 aromatic carbocycles. The number of pyridine rings is 1. The first-order valence-corrected chi connectivity index (χ1v) is 8.35. The minimum atomic E-state index is 1.10. The molecule has 0 amide bonds. The Morgan fingerprint density at radius 1 is 1.10 bits per heavy atom. The smallest absolute Gasteiger partial charge is 0.0997 e. The average molecular weight is 288 g/mol. The Bertz CT molecular complexity index is 576. The number of hydrogen-bond acceptors (Lipinski definition) is 3. The monoisotopic (exact) mass is 288 g/mol. The molecule has 2 rings (SSSR count). The zero-order valence-corrected chi connectivity index (χ0v) is 13.8. The van der Waals surface area contributed by atoms with Gasteiger partial charge in [0.1, 0.15) is 0 Å². The second-order valence-corrected chi connectivity index (χ2v) is 6.27. The van der Waals surface area contributed by atoms with Crippen molar-refractivity contribution in [2.24, 2.45) is 0 Å². The van der Waals surface area contributed by atoms with E-state index in [1.165, 1.54) is 21.5 Å². The Labute approximate surface area is 126 Å². The van der Waals surface area contributed by atoms with Crippen molar-refractivity contribution in [2.45, 2.75) is 32.7 Å². The minimum Gasteiger partial charge on any atom is -0.303 e. The third-order valence-corrected chi connectivity index (χ3v) is 4.73. The lowest BCUT2D eigenvalue weighted by Gasteiger charge is -2.17. The van der Waals surface area contributed by atoms with E-state index in [0.717, 1.165) is 30.9 Å². The molecule has 0 aliphatic heterocycles. The molecule has 0 saturated heterocycles. The van der Waals surface area contributed by atoms with Gasteiger partial charge in [-0.25, -0.2) is 4.98 Å². The quantitative estimate of drug-likeness (QED) is 0.738. The number of hydrogen-bond donors (Lipinski definition) is 0. The maximum Gasteiger partial charge on any atom is 0.0997 e. The molecule has 2 nitrogen and oxygen atoms in total. The van der Waals surface area contributed by atoms with Crippen molar-refractivity contribution >= 4 is 22.7 Å². The van der Waals surface area contributed by atoms with Crippen LogP contribution in [0.5, 0.6) is 0 Å². The van der Waals surface area contributed by atoms with E-state index in [4.69, 9.17) is 4.98 Å². The average Bonchev–Trinajstić information content (AvgIpc) is 2.44. The fourth-order valence-corrected chi connectivity index (χ4v) is 3.31. The number of fused-ring (bicyclic) bond motifs is 1. The summed E-state index contributed by atoms with van der Waals surface area (Å²) in [4.78, 5) is 7.28. The molecule has 0 unspecified atom stereocenters. The number of thioether (sulfide) groups is 1. The molecule has 2 aromatic rings. The summed E-state index contributed by atoms with van der Waals surface area (Å²) < 4.78 is 0. The first kappa shape index (κ1) is 15.3. The van der Waals surface area contributed by atoms with Gasteiger partial charge in [0.15, 0.2) is 0 Å². The lowest BCUT2D eigenvalue weighted by Crippen LogP contribution is -2.25. The number of benzene rings is 1. The van der Waals surface area contributed by atoms with Gasteiger partial charge in [0.05, 0.1) is 10.5 Å². The lowest BCUT2D eigenvalue weighted by molar-refractivity contribution is 0.324. The van der Waals surface area contributed by atoms with Gasteiger partial charge < -0.3 is 4.90 Å². The molecule has 1 heterocycles. The summed E-state index contributed by atoms with van der Waals surface area (Å²) in [5.41, 5.74) is 3.67. The van der Waals surface area contributed by atoms with Crippen LogP contribution in [-0.4, -0.2) is 35.3 Å². The molecule has 0 fully saturated rings. The van der Waals surface area contributed by atoms with Gasteiger partial charge in [-0.05, 0) is 50.2 Å². The molecule has 3 heteroatoms. The van der Waals surface area contributed by atoms with Crippen LogP contribution in [0.2, 0.25) is 0 Å². The Morgan fingerprint density at radius 2 is 1.85 bits per heavy atom. The van der Waals surface area contributed by atoms with Crippen LogP contribution in [0, 0.1) is 13.8 Å². The summed E-state index contributed by atoms with van der Waals surface area (Å²) in [6.07, 6.45) is 0. The highest BCUT2D eigenvalue weighted by Gasteiger charge is 2.06. The van der Waals surface area contributed by atoms with Crippen LogP contribution < -0.4 is 0 Å². The fourth-order valence-electron chi connectivity index (χ4n) is 2.32. The second kappa shape index (κ2) is 7.09. The Morgan fingerprint density at radius 3 is 2.55 bits per heavy atom. The molecule has 0 radical (unpaired) electrons. The highest BCUT2D eigenvalue weighted by atomic mass is 32.2. The van der Waals surface area contributed by atoms with E-state index < -0.39 is 0 Å². The molecule has 1 aromatic heterocycles. The van der Waals surface area contributed by atoms with Crippen molar-refractivity contribution in [3.8, 4) is 0 Å². The summed E-state index contributed by atoms with van der Waals surface area (Å²) in [7, 11) is 0. The second-order valence-electron chi connectivity index (χ2n) is 5.18. The van der Waals surface area contributed by atoms with Crippen LogP contribution in [0.4, 0.5) is 0 Å². The number of nitrogens with zero attached hydrogens (tertiary/aromatic N) is 2. The van der Waals surface area contributed by atoms with Crippen LogP contribution in [0.1, 0.15) is 25.0 Å². The van der Waals surface area contributed by atoms with Crippen LogP contribution in [0.3, 0.4) is 0 Å². The largest absolute Gasteiger partial charge is 0.303 e. The maximum atomic E-state index is 4.83. The summed E-state index contributed by atoms with van der Waals surface area (Å²) in [5.74, 6) is 1.10. The minimum absolute atomic E-state index is 1.10. The third-order valence-electron chi connectivity index (χ3n) is 3.66. The van der Waals surface area contributed by atoms with Crippen molar-refractivity contribution in [1.82, 2.24) is 9.88 Å².